The molecule has 0 bridgehead atoms. The minimum atomic E-state index is -0.337. The molecule has 1 aliphatic carbocycles. The van der Waals surface area contributed by atoms with Gasteiger partial charge in [-0.2, -0.15) is 0 Å². The molecule has 1 aliphatic rings. The SMILES string of the molecule is COC1(OC)CCC(N)CC1. The van der Waals surface area contributed by atoms with Crippen LogP contribution < -0.4 is 5.73 Å². The first-order chi connectivity index (χ1) is 5.22. The summed E-state index contributed by atoms with van der Waals surface area (Å²) in [5, 5.41) is 0. The van der Waals surface area contributed by atoms with E-state index in [9.17, 15) is 0 Å². The van der Waals surface area contributed by atoms with Crippen LogP contribution in [0, 0.1) is 0 Å². The van der Waals surface area contributed by atoms with E-state index in [0.29, 0.717) is 6.04 Å². The predicted molar refractivity (Wildman–Crippen MR) is 43.2 cm³/mol. The molecule has 1 rings (SSSR count). The van der Waals surface area contributed by atoms with Gasteiger partial charge in [-0.25, -0.2) is 0 Å². The molecule has 0 unspecified atom stereocenters. The van der Waals surface area contributed by atoms with Crippen molar-refractivity contribution in [3.8, 4) is 0 Å². The van der Waals surface area contributed by atoms with Crippen LogP contribution in [0.25, 0.3) is 0 Å². The zero-order valence-electron chi connectivity index (χ0n) is 7.30. The second kappa shape index (κ2) is 3.52. The molecule has 1 saturated carbocycles. The first kappa shape index (κ1) is 8.97. The van der Waals surface area contributed by atoms with Crippen molar-refractivity contribution in [3.05, 3.63) is 0 Å². The molecular formula is C8H17NO2. The molecule has 0 heterocycles. The fraction of sp³-hybridized carbons (Fsp3) is 1.00. The van der Waals surface area contributed by atoms with Crippen LogP contribution >= 0.6 is 0 Å². The number of ether oxygens (including phenoxy) is 2. The van der Waals surface area contributed by atoms with Crippen LogP contribution in [0.15, 0.2) is 0 Å². The van der Waals surface area contributed by atoms with Crippen molar-refractivity contribution in [2.75, 3.05) is 14.2 Å². The Labute approximate surface area is 67.9 Å². The second-order valence-electron chi connectivity index (χ2n) is 3.16. The Balaban J connectivity index is 2.45. The topological polar surface area (TPSA) is 44.5 Å². The standard InChI is InChI=1S/C8H17NO2/c1-10-8(11-2)5-3-7(9)4-6-8/h7H,3-6,9H2,1-2H3. The van der Waals surface area contributed by atoms with Crippen LogP contribution in [-0.4, -0.2) is 26.0 Å². The molecule has 0 aliphatic heterocycles. The van der Waals surface area contributed by atoms with Gasteiger partial charge in [-0.1, -0.05) is 0 Å². The van der Waals surface area contributed by atoms with Crippen molar-refractivity contribution in [2.45, 2.75) is 37.5 Å². The van der Waals surface area contributed by atoms with Crippen molar-refractivity contribution in [2.24, 2.45) is 5.73 Å². The molecule has 0 aromatic carbocycles. The first-order valence-corrected chi connectivity index (χ1v) is 4.08. The van der Waals surface area contributed by atoms with E-state index in [-0.39, 0.29) is 5.79 Å². The fourth-order valence-corrected chi connectivity index (χ4v) is 1.57. The van der Waals surface area contributed by atoms with Gasteiger partial charge in [0.15, 0.2) is 5.79 Å². The number of nitrogens with two attached hydrogens (primary N) is 1. The molecule has 0 aromatic heterocycles. The third kappa shape index (κ3) is 1.92. The number of methoxy groups -OCH3 is 2. The van der Waals surface area contributed by atoms with E-state index in [1.807, 2.05) is 0 Å². The van der Waals surface area contributed by atoms with Crippen molar-refractivity contribution >= 4 is 0 Å². The van der Waals surface area contributed by atoms with Gasteiger partial charge >= 0.3 is 0 Å². The maximum Gasteiger partial charge on any atom is 0.167 e. The van der Waals surface area contributed by atoms with E-state index in [0.717, 1.165) is 25.7 Å². The van der Waals surface area contributed by atoms with Crippen LogP contribution in [0.2, 0.25) is 0 Å². The van der Waals surface area contributed by atoms with Gasteiger partial charge in [0, 0.05) is 33.1 Å². The summed E-state index contributed by atoms with van der Waals surface area (Å²) in [7, 11) is 3.39. The molecular weight excluding hydrogens is 142 g/mol. The smallest absolute Gasteiger partial charge is 0.167 e. The van der Waals surface area contributed by atoms with E-state index < -0.39 is 0 Å². The number of hydrogen-bond donors (Lipinski definition) is 1. The lowest BCUT2D eigenvalue weighted by Gasteiger charge is -2.36. The van der Waals surface area contributed by atoms with Gasteiger partial charge in [-0.3, -0.25) is 0 Å². The molecule has 0 amide bonds. The van der Waals surface area contributed by atoms with E-state index in [1.54, 1.807) is 14.2 Å². The van der Waals surface area contributed by atoms with Gasteiger partial charge in [0.2, 0.25) is 0 Å². The fourth-order valence-electron chi connectivity index (χ4n) is 1.57. The maximum absolute atomic E-state index is 5.75. The molecule has 11 heavy (non-hydrogen) atoms. The lowest BCUT2D eigenvalue weighted by molar-refractivity contribution is -0.224. The van der Waals surface area contributed by atoms with Crippen LogP contribution in [0.5, 0.6) is 0 Å². The minimum Gasteiger partial charge on any atom is -0.353 e. The Morgan fingerprint density at radius 2 is 1.64 bits per heavy atom. The van der Waals surface area contributed by atoms with Crippen LogP contribution in [0.1, 0.15) is 25.7 Å². The number of hydrogen-bond acceptors (Lipinski definition) is 3. The van der Waals surface area contributed by atoms with E-state index in [1.165, 1.54) is 0 Å². The zero-order chi connectivity index (χ0) is 8.32. The molecule has 0 saturated heterocycles. The zero-order valence-corrected chi connectivity index (χ0v) is 7.30. The molecule has 0 spiro atoms. The third-order valence-corrected chi connectivity index (χ3v) is 2.54. The predicted octanol–water partition coefficient (Wildman–Crippen LogP) is 0.877. The summed E-state index contributed by atoms with van der Waals surface area (Å²) >= 11 is 0. The van der Waals surface area contributed by atoms with Gasteiger partial charge < -0.3 is 15.2 Å². The van der Waals surface area contributed by atoms with E-state index in [2.05, 4.69) is 0 Å². The van der Waals surface area contributed by atoms with Gasteiger partial charge in [0.25, 0.3) is 0 Å². The highest BCUT2D eigenvalue weighted by Gasteiger charge is 2.33. The minimum absolute atomic E-state index is 0.337. The Hall–Kier alpha value is -0.120. The Kier molecular flexibility index (Phi) is 2.87. The average molecular weight is 159 g/mol. The summed E-state index contributed by atoms with van der Waals surface area (Å²) in [6, 6.07) is 0.341. The van der Waals surface area contributed by atoms with Gasteiger partial charge in [0.05, 0.1) is 0 Å². The van der Waals surface area contributed by atoms with Crippen LogP contribution in [-0.2, 0) is 9.47 Å². The van der Waals surface area contributed by atoms with Crippen molar-refractivity contribution < 1.29 is 9.47 Å². The Morgan fingerprint density at radius 3 is 2.00 bits per heavy atom. The van der Waals surface area contributed by atoms with E-state index >= 15 is 0 Å². The lowest BCUT2D eigenvalue weighted by Crippen LogP contribution is -2.41. The second-order valence-corrected chi connectivity index (χ2v) is 3.16. The van der Waals surface area contributed by atoms with Gasteiger partial charge in [0.1, 0.15) is 0 Å². The molecule has 0 atom stereocenters. The summed E-state index contributed by atoms with van der Waals surface area (Å²) in [5.74, 6) is -0.337. The summed E-state index contributed by atoms with van der Waals surface area (Å²) in [6.07, 6.45) is 3.84. The van der Waals surface area contributed by atoms with Gasteiger partial charge in [-0.15, -0.1) is 0 Å². The molecule has 3 heteroatoms. The Bertz CT molecular complexity index is 113. The third-order valence-electron chi connectivity index (χ3n) is 2.54. The molecule has 66 valence electrons. The molecule has 2 N–H and O–H groups in total. The summed E-state index contributed by atoms with van der Waals surface area (Å²) in [4.78, 5) is 0. The average Bonchev–Trinajstić information content (AvgIpc) is 2.07. The highest BCUT2D eigenvalue weighted by Crippen LogP contribution is 2.30. The largest absolute Gasteiger partial charge is 0.353 e. The summed E-state index contributed by atoms with van der Waals surface area (Å²) in [5.41, 5.74) is 5.75. The quantitative estimate of drug-likeness (QED) is 0.608. The van der Waals surface area contributed by atoms with Crippen molar-refractivity contribution in [1.29, 1.82) is 0 Å². The molecule has 0 aromatic rings. The van der Waals surface area contributed by atoms with Crippen molar-refractivity contribution in [1.82, 2.24) is 0 Å². The summed E-state index contributed by atoms with van der Waals surface area (Å²) in [6.45, 7) is 0. The molecule has 3 nitrogen and oxygen atoms in total. The van der Waals surface area contributed by atoms with Crippen LogP contribution in [0.3, 0.4) is 0 Å². The summed E-state index contributed by atoms with van der Waals surface area (Å²) < 4.78 is 10.6. The highest BCUT2D eigenvalue weighted by molar-refractivity contribution is 4.80. The maximum atomic E-state index is 5.75. The molecule has 0 radical (unpaired) electrons. The molecule has 1 fully saturated rings. The van der Waals surface area contributed by atoms with E-state index in [4.69, 9.17) is 15.2 Å². The first-order valence-electron chi connectivity index (χ1n) is 4.08. The van der Waals surface area contributed by atoms with Crippen molar-refractivity contribution in [3.63, 3.8) is 0 Å². The normalized spacial score (nSPS) is 25.4. The van der Waals surface area contributed by atoms with Gasteiger partial charge in [-0.05, 0) is 12.8 Å². The highest BCUT2D eigenvalue weighted by atomic mass is 16.7. The monoisotopic (exact) mass is 159 g/mol. The Morgan fingerprint density at radius 1 is 1.18 bits per heavy atom. The van der Waals surface area contributed by atoms with Crippen LogP contribution in [0.4, 0.5) is 0 Å². The lowest BCUT2D eigenvalue weighted by atomic mass is 9.90. The number of rotatable bonds is 2.